The summed E-state index contributed by atoms with van der Waals surface area (Å²) in [6.45, 7) is 0.310. The smallest absolute Gasteiger partial charge is 0.282 e. The molecule has 3 aromatic carbocycles. The summed E-state index contributed by atoms with van der Waals surface area (Å²) in [6.07, 6.45) is 3.36. The van der Waals surface area contributed by atoms with Crippen molar-refractivity contribution in [3.8, 4) is 39.3 Å². The Morgan fingerprint density at radius 1 is 0.892 bits per heavy atom. The number of nitrogens with zero attached hydrogens (tertiary/aromatic N) is 5. The molecule has 0 aliphatic rings. The van der Waals surface area contributed by atoms with Crippen LogP contribution in [0.15, 0.2) is 102 Å². The quantitative estimate of drug-likeness (QED) is 0.337. The molecule has 0 fully saturated rings. The van der Waals surface area contributed by atoms with Crippen molar-refractivity contribution in [2.75, 3.05) is 12.4 Å². The van der Waals surface area contributed by atoms with Gasteiger partial charge in [0.05, 0.1) is 24.9 Å². The average molecular weight is 490 g/mol. The molecule has 6 rings (SSSR count). The van der Waals surface area contributed by atoms with E-state index in [4.69, 9.17) is 9.84 Å². The third kappa shape index (κ3) is 4.12. The Hall–Kier alpha value is -5.18. The van der Waals surface area contributed by atoms with Gasteiger partial charge in [-0.1, -0.05) is 72.8 Å². The molecule has 182 valence electrons. The third-order valence-electron chi connectivity index (χ3n) is 6.17. The zero-order chi connectivity index (χ0) is 25.2. The molecule has 3 heterocycles. The van der Waals surface area contributed by atoms with E-state index in [9.17, 15) is 4.79 Å². The first kappa shape index (κ1) is 22.3. The maximum atomic E-state index is 13.9. The van der Waals surface area contributed by atoms with Crippen molar-refractivity contribution in [3.63, 3.8) is 0 Å². The highest BCUT2D eigenvalue weighted by Crippen LogP contribution is 2.35. The second-order valence-electron chi connectivity index (χ2n) is 8.39. The molecule has 6 aromatic rings. The van der Waals surface area contributed by atoms with Crippen molar-refractivity contribution in [2.24, 2.45) is 0 Å². The van der Waals surface area contributed by atoms with Crippen LogP contribution < -0.4 is 15.6 Å². The number of methoxy groups -OCH3 is 1. The fraction of sp³-hybridized carbons (Fsp3) is 0.0714. The first-order chi connectivity index (χ1) is 18.2. The first-order valence-corrected chi connectivity index (χ1v) is 11.7. The summed E-state index contributed by atoms with van der Waals surface area (Å²) in [7, 11) is 1.61. The van der Waals surface area contributed by atoms with Crippen LogP contribution in [0.25, 0.3) is 39.2 Å². The Morgan fingerprint density at radius 2 is 1.59 bits per heavy atom. The molecule has 0 atom stereocenters. The molecule has 37 heavy (non-hydrogen) atoms. The first-order valence-electron chi connectivity index (χ1n) is 11.7. The van der Waals surface area contributed by atoms with E-state index in [2.05, 4.69) is 20.5 Å². The Morgan fingerprint density at radius 3 is 2.24 bits per heavy atom. The minimum Gasteiger partial charge on any atom is -0.497 e. The van der Waals surface area contributed by atoms with Gasteiger partial charge >= 0.3 is 0 Å². The number of benzene rings is 3. The van der Waals surface area contributed by atoms with Crippen LogP contribution >= 0.6 is 0 Å². The molecule has 0 radical (unpaired) electrons. The fourth-order valence-electron chi connectivity index (χ4n) is 4.41. The van der Waals surface area contributed by atoms with Crippen molar-refractivity contribution in [1.29, 1.82) is 0 Å². The zero-order valence-electron chi connectivity index (χ0n) is 20.0. The Kier molecular flexibility index (Phi) is 5.70. The monoisotopic (exact) mass is 489 g/mol. The molecule has 9 heteroatoms. The number of anilines is 1. The highest BCUT2D eigenvalue weighted by atomic mass is 16.5. The van der Waals surface area contributed by atoms with Gasteiger partial charge in [0, 0.05) is 11.8 Å². The van der Waals surface area contributed by atoms with Crippen LogP contribution in [0.3, 0.4) is 0 Å². The van der Waals surface area contributed by atoms with Crippen molar-refractivity contribution in [1.82, 2.24) is 29.4 Å². The van der Waals surface area contributed by atoms with Gasteiger partial charge in [-0.15, -0.1) is 5.10 Å². The number of ether oxygens (including phenoxy) is 1. The van der Waals surface area contributed by atoms with Crippen LogP contribution in [0.4, 0.5) is 5.95 Å². The van der Waals surface area contributed by atoms with Gasteiger partial charge in [-0.2, -0.15) is 9.61 Å². The maximum absolute atomic E-state index is 13.9. The van der Waals surface area contributed by atoms with Gasteiger partial charge in [0.2, 0.25) is 5.95 Å². The van der Waals surface area contributed by atoms with Crippen molar-refractivity contribution >= 4 is 11.6 Å². The number of H-pyrrole nitrogens is 1. The van der Waals surface area contributed by atoms with Gasteiger partial charge < -0.3 is 14.6 Å². The van der Waals surface area contributed by atoms with E-state index in [0.717, 1.165) is 27.9 Å². The highest BCUT2D eigenvalue weighted by Gasteiger charge is 2.22. The summed E-state index contributed by atoms with van der Waals surface area (Å²) in [5.74, 6) is 1.17. The standard InChI is InChI=1S/C28H23N7O2/c1-37-22-14-12-19(13-15-22)23-16-34(18-30-28-29-17-31-32-28)26-24(20-8-4-2-5-9-20)25(33-35(26)27(23)36)21-10-6-3-7-11-21/h2-17H,18H2,1H3,(H2,29,30,31,32). The summed E-state index contributed by atoms with van der Waals surface area (Å²) in [6, 6.07) is 27.3. The molecule has 2 N–H and O–H groups in total. The Bertz CT molecular complexity index is 1710. The lowest BCUT2D eigenvalue weighted by atomic mass is 10.0. The number of hydrogen-bond acceptors (Lipinski definition) is 6. The fourth-order valence-corrected chi connectivity index (χ4v) is 4.41. The zero-order valence-corrected chi connectivity index (χ0v) is 20.0. The van der Waals surface area contributed by atoms with Crippen molar-refractivity contribution in [3.05, 3.63) is 108 Å². The number of nitrogens with one attached hydrogen (secondary N) is 2. The summed E-state index contributed by atoms with van der Waals surface area (Å²) in [5, 5.41) is 14.9. The predicted octanol–water partition coefficient (Wildman–Crippen LogP) is 4.69. The molecule has 9 nitrogen and oxygen atoms in total. The number of aromatic nitrogens is 6. The lowest BCUT2D eigenvalue weighted by Gasteiger charge is -2.14. The van der Waals surface area contributed by atoms with Gasteiger partial charge in [-0.3, -0.25) is 9.89 Å². The average Bonchev–Trinajstić information content (AvgIpc) is 3.63. The van der Waals surface area contributed by atoms with Crippen LogP contribution in [0.5, 0.6) is 5.75 Å². The molecule has 0 bridgehead atoms. The number of hydrogen-bond donors (Lipinski definition) is 2. The molecule has 0 unspecified atom stereocenters. The normalized spacial score (nSPS) is 11.1. The molecule has 0 spiro atoms. The molecule has 0 amide bonds. The highest BCUT2D eigenvalue weighted by molar-refractivity contribution is 5.91. The Labute approximate surface area is 212 Å². The summed E-state index contributed by atoms with van der Waals surface area (Å²) >= 11 is 0. The second-order valence-corrected chi connectivity index (χ2v) is 8.39. The number of rotatable bonds is 7. The van der Waals surface area contributed by atoms with Gasteiger partial charge in [0.1, 0.15) is 23.4 Å². The van der Waals surface area contributed by atoms with Gasteiger partial charge in [-0.05, 0) is 23.3 Å². The van der Waals surface area contributed by atoms with Gasteiger partial charge in [0.25, 0.3) is 5.56 Å². The van der Waals surface area contributed by atoms with Crippen LogP contribution in [-0.4, -0.2) is 36.5 Å². The minimum absolute atomic E-state index is 0.214. The van der Waals surface area contributed by atoms with E-state index < -0.39 is 0 Å². The summed E-state index contributed by atoms with van der Waals surface area (Å²) in [4.78, 5) is 18.1. The largest absolute Gasteiger partial charge is 0.497 e. The molecule has 0 aliphatic carbocycles. The Balaban J connectivity index is 1.64. The van der Waals surface area contributed by atoms with E-state index >= 15 is 0 Å². The lowest BCUT2D eigenvalue weighted by molar-refractivity contribution is 0.415. The maximum Gasteiger partial charge on any atom is 0.282 e. The van der Waals surface area contributed by atoms with Crippen molar-refractivity contribution in [2.45, 2.75) is 6.67 Å². The molecular weight excluding hydrogens is 466 g/mol. The van der Waals surface area contributed by atoms with Crippen LogP contribution in [0.1, 0.15) is 0 Å². The number of aromatic amines is 1. The van der Waals surface area contributed by atoms with Crippen LogP contribution in [0, 0.1) is 0 Å². The predicted molar refractivity (Wildman–Crippen MR) is 142 cm³/mol. The third-order valence-corrected chi connectivity index (χ3v) is 6.17. The lowest BCUT2D eigenvalue weighted by Crippen LogP contribution is -2.22. The van der Waals surface area contributed by atoms with E-state index in [-0.39, 0.29) is 5.56 Å². The SMILES string of the molecule is COc1ccc(-c2cn(CNc3nc[nH]n3)c3c(-c4ccccc4)c(-c4ccccc4)nn3c2=O)cc1. The van der Waals surface area contributed by atoms with Gasteiger partial charge in [0.15, 0.2) is 0 Å². The molecular formula is C28H23N7O2. The summed E-state index contributed by atoms with van der Waals surface area (Å²) in [5.41, 5.74) is 5.18. The van der Waals surface area contributed by atoms with Crippen LogP contribution in [0.2, 0.25) is 0 Å². The molecule has 0 saturated carbocycles. The van der Waals surface area contributed by atoms with E-state index in [1.54, 1.807) is 7.11 Å². The minimum atomic E-state index is -0.214. The number of fused-ring (bicyclic) bond motifs is 1. The molecule has 0 saturated heterocycles. The van der Waals surface area contributed by atoms with E-state index in [0.29, 0.717) is 29.6 Å². The van der Waals surface area contributed by atoms with E-state index in [1.807, 2.05) is 95.7 Å². The summed E-state index contributed by atoms with van der Waals surface area (Å²) < 4.78 is 8.76. The van der Waals surface area contributed by atoms with E-state index in [1.165, 1.54) is 10.8 Å². The topological polar surface area (TPSA) is 102 Å². The van der Waals surface area contributed by atoms with Crippen LogP contribution in [-0.2, 0) is 6.67 Å². The van der Waals surface area contributed by atoms with Crippen molar-refractivity contribution < 1.29 is 4.74 Å². The molecule has 0 aliphatic heterocycles. The van der Waals surface area contributed by atoms with Gasteiger partial charge in [-0.25, -0.2) is 4.98 Å². The second kappa shape index (κ2) is 9.46. The molecule has 3 aromatic heterocycles.